The number of hydrogen-bond acceptors (Lipinski definition) is 2. The van der Waals surface area contributed by atoms with Crippen molar-refractivity contribution in [3.05, 3.63) is 0 Å². The normalized spacial score (nSPS) is 12.1. The number of nitriles is 1. The fourth-order valence-electron chi connectivity index (χ4n) is 0.484. The maximum Gasteiger partial charge on any atom is 0.129 e. The van der Waals surface area contributed by atoms with Gasteiger partial charge in [-0.2, -0.15) is 5.26 Å². The molecule has 2 heteroatoms. The van der Waals surface area contributed by atoms with E-state index >= 15 is 0 Å². The molecule has 0 heterocycles. The highest BCUT2D eigenvalue weighted by molar-refractivity contribution is 5.75. The highest BCUT2D eigenvalue weighted by atomic mass is 16.1. The maximum atomic E-state index is 10.4. The van der Waals surface area contributed by atoms with Crippen LogP contribution in [-0.2, 0) is 4.79 Å². The lowest BCUT2D eigenvalue weighted by molar-refractivity contribution is -0.117. The van der Waals surface area contributed by atoms with Crippen LogP contribution < -0.4 is 0 Å². The van der Waals surface area contributed by atoms with Gasteiger partial charge in [-0.25, -0.2) is 0 Å². The fraction of sp³-hybridized carbons (Fsp3) is 0.714. The van der Waals surface area contributed by atoms with Gasteiger partial charge in [-0.3, -0.25) is 0 Å². The van der Waals surface area contributed by atoms with E-state index in [2.05, 4.69) is 6.07 Å². The monoisotopic (exact) mass is 125 g/mol. The van der Waals surface area contributed by atoms with Crippen molar-refractivity contribution in [3.8, 4) is 6.07 Å². The van der Waals surface area contributed by atoms with Crippen LogP contribution in [-0.4, -0.2) is 5.78 Å². The Kier molecular flexibility index (Phi) is 3.70. The molecule has 0 aromatic carbocycles. The number of Topliss-reactive ketones (excluding diaryl/α,β-unsaturated/α-hetero) is 1. The first-order valence-corrected chi connectivity index (χ1v) is 3.06. The summed E-state index contributed by atoms with van der Waals surface area (Å²) >= 11 is 0. The highest BCUT2D eigenvalue weighted by Crippen LogP contribution is 2.02. The summed E-state index contributed by atoms with van der Waals surface area (Å²) in [6.07, 6.45) is 1.24. The Balaban J connectivity index is 3.30. The largest absolute Gasteiger partial charge is 0.300 e. The summed E-state index contributed by atoms with van der Waals surface area (Å²) in [6.45, 7) is 3.37. The predicted molar refractivity (Wildman–Crippen MR) is 34.7 cm³/mol. The van der Waals surface area contributed by atoms with Crippen molar-refractivity contribution in [3.63, 3.8) is 0 Å². The van der Waals surface area contributed by atoms with E-state index in [0.717, 1.165) is 0 Å². The molecule has 0 rings (SSSR count). The van der Waals surface area contributed by atoms with E-state index in [4.69, 9.17) is 5.26 Å². The average molecular weight is 125 g/mol. The summed E-state index contributed by atoms with van der Waals surface area (Å²) in [5.41, 5.74) is 0. The van der Waals surface area contributed by atoms with E-state index in [-0.39, 0.29) is 11.7 Å². The lowest BCUT2D eigenvalue weighted by Gasteiger charge is -1.96. The van der Waals surface area contributed by atoms with Gasteiger partial charge in [0.2, 0.25) is 0 Å². The third-order valence-corrected chi connectivity index (χ3v) is 1.15. The van der Waals surface area contributed by atoms with Crippen molar-refractivity contribution >= 4 is 5.78 Å². The molecule has 0 aliphatic heterocycles. The van der Waals surface area contributed by atoms with Crippen LogP contribution in [0.1, 0.15) is 26.7 Å². The molecular formula is C7H11NO. The van der Waals surface area contributed by atoms with Crippen molar-refractivity contribution in [2.24, 2.45) is 5.92 Å². The van der Waals surface area contributed by atoms with E-state index in [9.17, 15) is 4.79 Å². The third kappa shape index (κ3) is 5.02. The lowest BCUT2D eigenvalue weighted by Crippen LogP contribution is -1.95. The van der Waals surface area contributed by atoms with Gasteiger partial charge in [-0.05, 0) is 20.3 Å². The van der Waals surface area contributed by atoms with Crippen LogP contribution >= 0.6 is 0 Å². The smallest absolute Gasteiger partial charge is 0.129 e. The quantitative estimate of drug-likeness (QED) is 0.573. The Morgan fingerprint density at radius 2 is 2.33 bits per heavy atom. The number of hydrogen-bond donors (Lipinski definition) is 0. The van der Waals surface area contributed by atoms with Gasteiger partial charge >= 0.3 is 0 Å². The van der Waals surface area contributed by atoms with Gasteiger partial charge in [0.25, 0.3) is 0 Å². The second kappa shape index (κ2) is 4.08. The summed E-state index contributed by atoms with van der Waals surface area (Å²) in [5, 5.41) is 8.29. The van der Waals surface area contributed by atoms with Crippen LogP contribution in [0, 0.1) is 17.2 Å². The number of nitrogens with zero attached hydrogens (tertiary/aromatic N) is 1. The molecule has 1 atom stereocenters. The minimum Gasteiger partial charge on any atom is -0.300 e. The molecular weight excluding hydrogens is 114 g/mol. The number of carbonyl (C=O) groups is 1. The van der Waals surface area contributed by atoms with Gasteiger partial charge < -0.3 is 4.79 Å². The molecule has 50 valence electrons. The van der Waals surface area contributed by atoms with Crippen molar-refractivity contribution in [1.82, 2.24) is 0 Å². The van der Waals surface area contributed by atoms with Crippen molar-refractivity contribution in [1.29, 1.82) is 5.26 Å². The van der Waals surface area contributed by atoms with Crippen molar-refractivity contribution in [2.45, 2.75) is 26.7 Å². The maximum absolute atomic E-state index is 10.4. The summed E-state index contributed by atoms with van der Waals surface area (Å²) < 4.78 is 0. The predicted octanol–water partition coefficient (Wildman–Crippen LogP) is 1.52. The van der Waals surface area contributed by atoms with E-state index < -0.39 is 0 Å². The highest BCUT2D eigenvalue weighted by Gasteiger charge is 2.00. The van der Waals surface area contributed by atoms with E-state index in [1.54, 1.807) is 6.92 Å². The lowest BCUT2D eigenvalue weighted by atomic mass is 10.1. The van der Waals surface area contributed by atoms with E-state index in [1.165, 1.54) is 0 Å². The van der Waals surface area contributed by atoms with E-state index in [1.807, 2.05) is 6.92 Å². The zero-order chi connectivity index (χ0) is 7.28. The fourth-order valence-corrected chi connectivity index (χ4v) is 0.484. The molecule has 0 aliphatic carbocycles. The third-order valence-electron chi connectivity index (χ3n) is 1.15. The van der Waals surface area contributed by atoms with Crippen LogP contribution in [0.25, 0.3) is 0 Å². The zero-order valence-electron chi connectivity index (χ0n) is 5.85. The standard InChI is InChI=1S/C7H11NO/c1-6(5-8)3-4-7(2)9/h6H,3-4H2,1-2H3. The molecule has 0 aromatic rings. The minimum absolute atomic E-state index is 0.0221. The van der Waals surface area contributed by atoms with Crippen LogP contribution in [0.5, 0.6) is 0 Å². The van der Waals surface area contributed by atoms with Crippen LogP contribution in [0.15, 0.2) is 0 Å². The molecule has 0 bridgehead atoms. The molecule has 0 spiro atoms. The van der Waals surface area contributed by atoms with Crippen LogP contribution in [0.4, 0.5) is 0 Å². The van der Waals surface area contributed by atoms with Gasteiger partial charge in [0.1, 0.15) is 5.78 Å². The van der Waals surface area contributed by atoms with Crippen molar-refractivity contribution in [2.75, 3.05) is 0 Å². The first-order valence-electron chi connectivity index (χ1n) is 3.06. The Bertz CT molecular complexity index is 134. The SMILES string of the molecule is CC(=O)CCC(C)C#N. The van der Waals surface area contributed by atoms with Crippen LogP contribution in [0.3, 0.4) is 0 Å². The molecule has 0 amide bonds. The molecule has 0 aliphatic rings. The molecule has 0 radical (unpaired) electrons. The summed E-state index contributed by atoms with van der Waals surface area (Å²) in [5.74, 6) is 0.186. The summed E-state index contributed by atoms with van der Waals surface area (Å²) in [4.78, 5) is 10.4. The minimum atomic E-state index is 0.0221. The topological polar surface area (TPSA) is 40.9 Å². The van der Waals surface area contributed by atoms with Gasteiger partial charge in [0.15, 0.2) is 0 Å². The molecule has 0 fully saturated rings. The van der Waals surface area contributed by atoms with Crippen molar-refractivity contribution < 1.29 is 4.79 Å². The molecule has 1 unspecified atom stereocenters. The first-order chi connectivity index (χ1) is 4.16. The number of rotatable bonds is 3. The molecule has 0 aromatic heterocycles. The molecule has 9 heavy (non-hydrogen) atoms. The first kappa shape index (κ1) is 8.16. The van der Waals surface area contributed by atoms with Gasteiger partial charge in [0, 0.05) is 12.3 Å². The average Bonchev–Trinajstić information content (AvgIpc) is 1.83. The second-order valence-corrected chi connectivity index (χ2v) is 2.27. The Labute approximate surface area is 55.5 Å². The Hall–Kier alpha value is -0.840. The number of carbonyl (C=O) groups excluding carboxylic acids is 1. The zero-order valence-corrected chi connectivity index (χ0v) is 5.85. The molecule has 2 nitrogen and oxygen atoms in total. The molecule has 0 saturated carbocycles. The molecule has 0 saturated heterocycles. The van der Waals surface area contributed by atoms with Gasteiger partial charge in [-0.1, -0.05) is 0 Å². The Morgan fingerprint density at radius 1 is 1.78 bits per heavy atom. The van der Waals surface area contributed by atoms with Gasteiger partial charge in [0.05, 0.1) is 6.07 Å². The summed E-state index contributed by atoms with van der Waals surface area (Å²) in [6, 6.07) is 2.07. The van der Waals surface area contributed by atoms with E-state index in [0.29, 0.717) is 12.8 Å². The Morgan fingerprint density at radius 3 is 2.67 bits per heavy atom. The second-order valence-electron chi connectivity index (χ2n) is 2.27. The summed E-state index contributed by atoms with van der Waals surface area (Å²) in [7, 11) is 0. The molecule has 0 N–H and O–H groups in total. The van der Waals surface area contributed by atoms with Gasteiger partial charge in [-0.15, -0.1) is 0 Å². The number of ketones is 1. The van der Waals surface area contributed by atoms with Crippen LogP contribution in [0.2, 0.25) is 0 Å².